The lowest BCUT2D eigenvalue weighted by molar-refractivity contribution is 0.363. The number of hydrogen-bond donors (Lipinski definition) is 1. The molecule has 4 nitrogen and oxygen atoms in total. The van der Waals surface area contributed by atoms with Crippen LogP contribution in [0.1, 0.15) is 72.3 Å². The molecule has 0 radical (unpaired) electrons. The molecule has 1 spiro atoms. The molecule has 4 heterocycles. The smallest absolute Gasteiger partial charge is 0.134 e. The van der Waals surface area contributed by atoms with Gasteiger partial charge in [-0.15, -0.1) is 0 Å². The molecule has 3 unspecified atom stereocenters. The van der Waals surface area contributed by atoms with Gasteiger partial charge in [0.25, 0.3) is 0 Å². The SMILES string of the molecule is C1=CC(c2ccc3c(c2)Oc2ccccc2C32C3=CCCC=C3Oc3cc(N4c5[nH]ccc5C5CCC=CC54)ccc32)=CCC1. The number of nitrogens with zero attached hydrogens (tertiary/aromatic N) is 1. The molecule has 45 heavy (non-hydrogen) atoms. The number of aromatic nitrogens is 1. The fourth-order valence-corrected chi connectivity index (χ4v) is 8.79. The van der Waals surface area contributed by atoms with Crippen molar-refractivity contribution in [1.82, 2.24) is 4.98 Å². The maximum atomic E-state index is 6.90. The highest BCUT2D eigenvalue weighted by molar-refractivity contribution is 5.81. The molecule has 4 heteroatoms. The average molecular weight is 587 g/mol. The third-order valence-electron chi connectivity index (χ3n) is 10.7. The minimum Gasteiger partial charge on any atom is -0.457 e. The van der Waals surface area contributed by atoms with Crippen molar-refractivity contribution in [2.75, 3.05) is 4.90 Å². The maximum Gasteiger partial charge on any atom is 0.134 e. The van der Waals surface area contributed by atoms with Gasteiger partial charge in [-0.25, -0.2) is 0 Å². The summed E-state index contributed by atoms with van der Waals surface area (Å²) >= 11 is 0. The summed E-state index contributed by atoms with van der Waals surface area (Å²) in [7, 11) is 0. The molecule has 4 aromatic rings. The van der Waals surface area contributed by atoms with Gasteiger partial charge in [-0.1, -0.05) is 72.9 Å². The summed E-state index contributed by atoms with van der Waals surface area (Å²) in [4.78, 5) is 6.05. The highest BCUT2D eigenvalue weighted by atomic mass is 16.5. The number of anilines is 2. The first-order valence-electron chi connectivity index (χ1n) is 16.5. The highest BCUT2D eigenvalue weighted by Crippen LogP contribution is 2.62. The van der Waals surface area contributed by atoms with Crippen LogP contribution in [-0.4, -0.2) is 11.0 Å². The number of hydrogen-bond acceptors (Lipinski definition) is 3. The Morgan fingerprint density at radius 2 is 1.58 bits per heavy atom. The Bertz CT molecular complexity index is 2050. The van der Waals surface area contributed by atoms with Crippen LogP contribution in [0.15, 0.2) is 127 Å². The summed E-state index contributed by atoms with van der Waals surface area (Å²) in [6.45, 7) is 0. The van der Waals surface area contributed by atoms with Crippen molar-refractivity contribution in [1.29, 1.82) is 0 Å². The summed E-state index contributed by atoms with van der Waals surface area (Å²) < 4.78 is 13.7. The first kappa shape index (κ1) is 25.4. The molecule has 1 N–H and O–H groups in total. The Hall–Kier alpha value is -4.96. The monoisotopic (exact) mass is 586 g/mol. The Morgan fingerprint density at radius 1 is 0.733 bits per heavy atom. The summed E-state index contributed by atoms with van der Waals surface area (Å²) in [5.74, 6) is 5.42. The molecule has 10 rings (SSSR count). The number of rotatable bonds is 2. The Labute approximate surface area is 263 Å². The average Bonchev–Trinajstić information content (AvgIpc) is 3.69. The zero-order chi connectivity index (χ0) is 29.5. The fraction of sp³-hybridized carbons (Fsp3) is 0.220. The minimum absolute atomic E-state index is 0.312. The molecule has 3 aromatic carbocycles. The van der Waals surface area contributed by atoms with Crippen molar-refractivity contribution in [3.8, 4) is 17.2 Å². The van der Waals surface area contributed by atoms with Crippen LogP contribution in [-0.2, 0) is 5.41 Å². The number of allylic oxidation sites excluding steroid dienone is 8. The van der Waals surface area contributed by atoms with Gasteiger partial charge in [0, 0.05) is 46.1 Å². The lowest BCUT2D eigenvalue weighted by Crippen LogP contribution is -2.40. The van der Waals surface area contributed by atoms with Gasteiger partial charge in [-0.2, -0.15) is 0 Å². The lowest BCUT2D eigenvalue weighted by atomic mass is 9.60. The fourth-order valence-electron chi connectivity index (χ4n) is 8.79. The molecule has 3 aliphatic heterocycles. The molecular formula is C41H34N2O2. The van der Waals surface area contributed by atoms with Gasteiger partial charge in [0.15, 0.2) is 0 Å². The van der Waals surface area contributed by atoms with Gasteiger partial charge < -0.3 is 19.4 Å². The second kappa shape index (κ2) is 9.52. The normalized spacial score (nSPS) is 25.0. The van der Waals surface area contributed by atoms with Crippen LogP contribution in [0.4, 0.5) is 11.5 Å². The van der Waals surface area contributed by atoms with E-state index in [2.05, 4.69) is 125 Å². The van der Waals surface area contributed by atoms with Crippen molar-refractivity contribution < 1.29 is 9.47 Å². The molecular weight excluding hydrogens is 552 g/mol. The molecule has 0 fully saturated rings. The lowest BCUT2D eigenvalue weighted by Gasteiger charge is -2.47. The molecule has 220 valence electrons. The third kappa shape index (κ3) is 3.48. The van der Waals surface area contributed by atoms with Crippen LogP contribution in [0.5, 0.6) is 17.2 Å². The van der Waals surface area contributed by atoms with Crippen LogP contribution < -0.4 is 14.4 Å². The maximum absolute atomic E-state index is 6.90. The van der Waals surface area contributed by atoms with Crippen LogP contribution in [0.3, 0.4) is 0 Å². The van der Waals surface area contributed by atoms with Gasteiger partial charge in [0.2, 0.25) is 0 Å². The number of para-hydroxylation sites is 1. The Balaban J connectivity index is 1.21. The first-order valence-corrected chi connectivity index (χ1v) is 16.5. The summed E-state index contributed by atoms with van der Waals surface area (Å²) in [6.07, 6.45) is 24.8. The Kier molecular flexibility index (Phi) is 5.37. The first-order chi connectivity index (χ1) is 22.3. The van der Waals surface area contributed by atoms with Crippen LogP contribution in [0.25, 0.3) is 5.57 Å². The second-order valence-corrected chi connectivity index (χ2v) is 13.0. The van der Waals surface area contributed by atoms with Crippen LogP contribution >= 0.6 is 0 Å². The standard InChI is InChI=1S/C41H34N2O2/c1-2-10-26(11-3-1)27-18-20-33-38(24-27)44-36-16-8-5-13-31(36)41(33)32-14-6-9-17-37(32)45-39-25-28(19-21-34(39)41)43-35-15-7-4-12-29(35)30-22-23-42-40(30)43/h2,5,7-8,10-11,13-25,29,35,42H,1,3-4,6,9,12H2. The molecule has 0 bridgehead atoms. The van der Waals surface area contributed by atoms with E-state index in [1.54, 1.807) is 0 Å². The Morgan fingerprint density at radius 3 is 2.51 bits per heavy atom. The number of benzene rings is 3. The molecule has 3 aliphatic carbocycles. The van der Waals surface area contributed by atoms with Crippen molar-refractivity contribution in [3.63, 3.8) is 0 Å². The number of ether oxygens (including phenoxy) is 2. The molecule has 3 atom stereocenters. The topological polar surface area (TPSA) is 37.5 Å². The van der Waals surface area contributed by atoms with Gasteiger partial charge in [0.05, 0.1) is 11.5 Å². The predicted molar refractivity (Wildman–Crippen MR) is 179 cm³/mol. The molecule has 0 saturated carbocycles. The van der Waals surface area contributed by atoms with E-state index in [1.807, 2.05) is 0 Å². The summed E-state index contributed by atoms with van der Waals surface area (Å²) in [5, 5.41) is 0. The number of H-pyrrole nitrogens is 1. The number of fused-ring (bicyclic) bond motifs is 11. The van der Waals surface area contributed by atoms with E-state index in [-0.39, 0.29) is 0 Å². The summed E-state index contributed by atoms with van der Waals surface area (Å²) in [5.41, 5.74) is 9.21. The zero-order valence-corrected chi connectivity index (χ0v) is 25.1. The van der Waals surface area contributed by atoms with Gasteiger partial charge in [-0.05, 0) is 85.6 Å². The zero-order valence-electron chi connectivity index (χ0n) is 25.1. The molecule has 6 aliphatic rings. The number of aromatic amines is 1. The van der Waals surface area contributed by atoms with Gasteiger partial charge in [0.1, 0.15) is 28.8 Å². The molecule has 1 aromatic heterocycles. The minimum atomic E-state index is -0.548. The van der Waals surface area contributed by atoms with E-state index in [0.717, 1.165) is 60.8 Å². The van der Waals surface area contributed by atoms with Crippen LogP contribution in [0.2, 0.25) is 0 Å². The largest absolute Gasteiger partial charge is 0.457 e. The summed E-state index contributed by atoms with van der Waals surface area (Å²) in [6, 6.07) is 24.9. The molecule has 0 amide bonds. The van der Waals surface area contributed by atoms with E-state index in [0.29, 0.717) is 12.0 Å². The van der Waals surface area contributed by atoms with Crippen molar-refractivity contribution in [2.45, 2.75) is 55.9 Å². The van der Waals surface area contributed by atoms with Gasteiger partial charge >= 0.3 is 0 Å². The van der Waals surface area contributed by atoms with Gasteiger partial charge in [-0.3, -0.25) is 0 Å². The third-order valence-corrected chi connectivity index (χ3v) is 10.7. The quantitative estimate of drug-likeness (QED) is 0.238. The highest BCUT2D eigenvalue weighted by Gasteiger charge is 2.52. The molecule has 0 saturated heterocycles. The van der Waals surface area contributed by atoms with E-state index < -0.39 is 5.41 Å². The van der Waals surface area contributed by atoms with E-state index in [1.165, 1.54) is 51.2 Å². The second-order valence-electron chi connectivity index (χ2n) is 13.0. The van der Waals surface area contributed by atoms with Crippen molar-refractivity contribution in [2.24, 2.45) is 0 Å². The number of nitrogens with one attached hydrogen (secondary N) is 1. The van der Waals surface area contributed by atoms with E-state index in [9.17, 15) is 0 Å². The van der Waals surface area contributed by atoms with Crippen molar-refractivity contribution >= 4 is 17.1 Å². The van der Waals surface area contributed by atoms with E-state index in [4.69, 9.17) is 9.47 Å². The van der Waals surface area contributed by atoms with E-state index >= 15 is 0 Å². The van der Waals surface area contributed by atoms with Crippen LogP contribution in [0, 0.1) is 0 Å². The van der Waals surface area contributed by atoms with Crippen molar-refractivity contribution in [3.05, 3.63) is 155 Å². The predicted octanol–water partition coefficient (Wildman–Crippen LogP) is 10.1.